The van der Waals surface area contributed by atoms with Gasteiger partial charge >= 0.3 is 0 Å². The van der Waals surface area contributed by atoms with E-state index in [9.17, 15) is 4.79 Å². The Hall–Kier alpha value is -0.870. The monoisotopic (exact) mass is 264 g/mol. The van der Waals surface area contributed by atoms with Crippen LogP contribution in [0.4, 0.5) is 0 Å². The van der Waals surface area contributed by atoms with E-state index in [0.717, 1.165) is 32.2 Å². The Morgan fingerprint density at radius 3 is 2.72 bits per heavy atom. The third-order valence-electron chi connectivity index (χ3n) is 4.04. The molecular formula is C14H20N2OS. The molecule has 18 heavy (non-hydrogen) atoms. The molecule has 1 amide bonds. The molecule has 1 aromatic heterocycles. The lowest BCUT2D eigenvalue weighted by atomic mass is 9.95. The van der Waals surface area contributed by atoms with Gasteiger partial charge in [0.05, 0.1) is 12.1 Å². The van der Waals surface area contributed by atoms with Gasteiger partial charge in [0.1, 0.15) is 0 Å². The molecule has 0 saturated heterocycles. The van der Waals surface area contributed by atoms with Crippen molar-refractivity contribution in [3.63, 3.8) is 0 Å². The average Bonchev–Trinajstić information content (AvgIpc) is 3.24. The maximum Gasteiger partial charge on any atom is 0.243 e. The molecule has 98 valence electrons. The molecule has 2 aliphatic rings. The van der Waals surface area contributed by atoms with E-state index in [-0.39, 0.29) is 5.91 Å². The van der Waals surface area contributed by atoms with Crippen LogP contribution in [-0.2, 0) is 11.3 Å². The normalized spacial score (nSPS) is 22.6. The van der Waals surface area contributed by atoms with Crippen LogP contribution in [0.2, 0.25) is 0 Å². The number of amides is 1. The molecule has 1 aromatic rings. The first-order chi connectivity index (χ1) is 8.59. The highest BCUT2D eigenvalue weighted by molar-refractivity contribution is 7.09. The second kappa shape index (κ2) is 4.35. The van der Waals surface area contributed by atoms with Crippen molar-refractivity contribution in [1.29, 1.82) is 0 Å². The summed E-state index contributed by atoms with van der Waals surface area (Å²) in [6.45, 7) is 2.65. The van der Waals surface area contributed by atoms with Gasteiger partial charge in [0.15, 0.2) is 0 Å². The summed E-state index contributed by atoms with van der Waals surface area (Å²) in [5.41, 5.74) is 5.62. The summed E-state index contributed by atoms with van der Waals surface area (Å²) in [6.07, 6.45) is 4.49. The van der Waals surface area contributed by atoms with Crippen LogP contribution in [0.3, 0.4) is 0 Å². The highest BCUT2D eigenvalue weighted by Gasteiger charge is 2.48. The third kappa shape index (κ3) is 2.31. The molecule has 0 aliphatic heterocycles. The first-order valence-electron chi connectivity index (χ1n) is 6.71. The molecule has 1 unspecified atom stereocenters. The van der Waals surface area contributed by atoms with E-state index in [4.69, 9.17) is 5.73 Å². The summed E-state index contributed by atoms with van der Waals surface area (Å²) >= 11 is 1.71. The zero-order valence-electron chi connectivity index (χ0n) is 10.8. The zero-order valence-corrected chi connectivity index (χ0v) is 11.6. The Kier molecular flexibility index (Phi) is 2.94. The summed E-state index contributed by atoms with van der Waals surface area (Å²) in [5, 5.41) is 2.06. The predicted octanol–water partition coefficient (Wildman–Crippen LogP) is 2.37. The lowest BCUT2D eigenvalue weighted by molar-refractivity contribution is -0.138. The SMILES string of the molecule is CC(N)(C(=O)N(Cc1cccs1)C1CC1)C1CC1. The molecule has 2 saturated carbocycles. The van der Waals surface area contributed by atoms with Crippen molar-refractivity contribution < 1.29 is 4.79 Å². The molecule has 4 heteroatoms. The molecule has 1 heterocycles. The number of nitrogens with zero attached hydrogens (tertiary/aromatic N) is 1. The van der Waals surface area contributed by atoms with Crippen molar-refractivity contribution in [2.45, 2.75) is 50.7 Å². The summed E-state index contributed by atoms with van der Waals surface area (Å²) in [7, 11) is 0. The van der Waals surface area contributed by atoms with E-state index in [0.29, 0.717) is 12.0 Å². The summed E-state index contributed by atoms with van der Waals surface area (Å²) < 4.78 is 0. The summed E-state index contributed by atoms with van der Waals surface area (Å²) in [5.74, 6) is 0.551. The topological polar surface area (TPSA) is 46.3 Å². The maximum absolute atomic E-state index is 12.7. The Labute approximate surface area is 112 Å². The molecule has 3 rings (SSSR count). The Morgan fingerprint density at radius 1 is 1.50 bits per heavy atom. The van der Waals surface area contributed by atoms with E-state index in [1.54, 1.807) is 11.3 Å². The van der Waals surface area contributed by atoms with Gasteiger partial charge in [-0.15, -0.1) is 11.3 Å². The average molecular weight is 264 g/mol. The standard InChI is InChI=1S/C14H20N2OS/c1-14(15,10-4-5-10)13(17)16(11-6-7-11)9-12-3-2-8-18-12/h2-3,8,10-11H,4-7,9,15H2,1H3. The second-order valence-corrected chi connectivity index (χ2v) is 6.83. The number of nitrogens with two attached hydrogens (primary N) is 1. The smallest absolute Gasteiger partial charge is 0.243 e. The molecule has 0 aromatic carbocycles. The molecular weight excluding hydrogens is 244 g/mol. The lowest BCUT2D eigenvalue weighted by Gasteiger charge is -2.32. The highest BCUT2D eigenvalue weighted by atomic mass is 32.1. The Morgan fingerprint density at radius 2 is 2.22 bits per heavy atom. The fraction of sp³-hybridized carbons (Fsp3) is 0.643. The van der Waals surface area contributed by atoms with Gasteiger partial charge in [-0.2, -0.15) is 0 Å². The van der Waals surface area contributed by atoms with Crippen molar-refractivity contribution >= 4 is 17.2 Å². The van der Waals surface area contributed by atoms with E-state index in [1.165, 1.54) is 4.88 Å². The molecule has 0 spiro atoms. The van der Waals surface area contributed by atoms with Crippen molar-refractivity contribution in [3.05, 3.63) is 22.4 Å². The first kappa shape index (κ1) is 12.2. The van der Waals surface area contributed by atoms with Gasteiger partial charge in [0.25, 0.3) is 0 Å². The number of hydrogen-bond donors (Lipinski definition) is 1. The molecule has 3 nitrogen and oxygen atoms in total. The number of hydrogen-bond acceptors (Lipinski definition) is 3. The fourth-order valence-electron chi connectivity index (χ4n) is 2.49. The first-order valence-corrected chi connectivity index (χ1v) is 7.59. The van der Waals surface area contributed by atoms with E-state index in [1.807, 2.05) is 17.9 Å². The minimum atomic E-state index is -0.653. The molecule has 0 radical (unpaired) electrons. The van der Waals surface area contributed by atoms with Crippen LogP contribution in [0.1, 0.15) is 37.5 Å². The quantitative estimate of drug-likeness (QED) is 0.887. The van der Waals surface area contributed by atoms with Gasteiger partial charge in [-0.3, -0.25) is 4.79 Å². The van der Waals surface area contributed by atoms with Crippen molar-refractivity contribution in [2.75, 3.05) is 0 Å². The van der Waals surface area contributed by atoms with Crippen LogP contribution in [0.5, 0.6) is 0 Å². The molecule has 2 aliphatic carbocycles. The van der Waals surface area contributed by atoms with Gasteiger partial charge in [-0.1, -0.05) is 6.07 Å². The Balaban J connectivity index is 1.75. The van der Waals surface area contributed by atoms with Crippen LogP contribution in [0.25, 0.3) is 0 Å². The third-order valence-corrected chi connectivity index (χ3v) is 4.90. The molecule has 2 N–H and O–H groups in total. The van der Waals surface area contributed by atoms with Crippen LogP contribution < -0.4 is 5.73 Å². The van der Waals surface area contributed by atoms with Crippen LogP contribution in [0.15, 0.2) is 17.5 Å². The fourth-order valence-corrected chi connectivity index (χ4v) is 3.19. The minimum absolute atomic E-state index is 0.154. The largest absolute Gasteiger partial charge is 0.333 e. The summed E-state index contributed by atoms with van der Waals surface area (Å²) in [6, 6.07) is 4.57. The zero-order chi connectivity index (χ0) is 12.8. The minimum Gasteiger partial charge on any atom is -0.333 e. The number of thiophene rings is 1. The van der Waals surface area contributed by atoms with Gasteiger partial charge in [-0.25, -0.2) is 0 Å². The van der Waals surface area contributed by atoms with E-state index >= 15 is 0 Å². The van der Waals surface area contributed by atoms with Crippen molar-refractivity contribution in [3.8, 4) is 0 Å². The van der Waals surface area contributed by atoms with Crippen LogP contribution >= 0.6 is 11.3 Å². The number of rotatable bonds is 5. The van der Waals surface area contributed by atoms with Gasteiger partial charge < -0.3 is 10.6 Å². The Bertz CT molecular complexity index is 433. The lowest BCUT2D eigenvalue weighted by Crippen LogP contribution is -2.55. The summed E-state index contributed by atoms with van der Waals surface area (Å²) in [4.78, 5) is 15.9. The van der Waals surface area contributed by atoms with Crippen LogP contribution in [0, 0.1) is 5.92 Å². The maximum atomic E-state index is 12.7. The van der Waals surface area contributed by atoms with E-state index in [2.05, 4.69) is 11.4 Å². The van der Waals surface area contributed by atoms with Gasteiger partial charge in [0.2, 0.25) is 5.91 Å². The van der Waals surface area contributed by atoms with Gasteiger partial charge in [0, 0.05) is 10.9 Å². The van der Waals surface area contributed by atoms with E-state index < -0.39 is 5.54 Å². The predicted molar refractivity (Wildman–Crippen MR) is 73.2 cm³/mol. The number of carbonyl (C=O) groups excluding carboxylic acids is 1. The molecule has 2 fully saturated rings. The molecule has 1 atom stereocenters. The van der Waals surface area contributed by atoms with Crippen molar-refractivity contribution in [2.24, 2.45) is 11.7 Å². The van der Waals surface area contributed by atoms with Crippen molar-refractivity contribution in [1.82, 2.24) is 4.90 Å². The highest BCUT2D eigenvalue weighted by Crippen LogP contribution is 2.41. The van der Waals surface area contributed by atoms with Crippen LogP contribution in [-0.4, -0.2) is 22.4 Å². The van der Waals surface area contributed by atoms with Gasteiger partial charge in [-0.05, 0) is 50.0 Å². The second-order valence-electron chi connectivity index (χ2n) is 5.80. The number of carbonyl (C=O) groups is 1. The molecule has 0 bridgehead atoms.